The van der Waals surface area contributed by atoms with Crippen molar-refractivity contribution >= 4 is 52.6 Å². The molecule has 0 saturated heterocycles. The van der Waals surface area contributed by atoms with Crippen LogP contribution in [0.5, 0.6) is 0 Å². The molecule has 152 valence electrons. The highest BCUT2D eigenvalue weighted by Crippen LogP contribution is 2.27. The van der Waals surface area contributed by atoms with E-state index in [2.05, 4.69) is 34.3 Å². The third-order valence-electron chi connectivity index (χ3n) is 3.64. The lowest BCUT2D eigenvalue weighted by atomic mass is 10.2. The zero-order valence-corrected chi connectivity index (χ0v) is 18.1. The van der Waals surface area contributed by atoms with Gasteiger partial charge in [-0.3, -0.25) is 9.59 Å². The molecule has 2 amide bonds. The van der Waals surface area contributed by atoms with Crippen molar-refractivity contribution in [2.24, 2.45) is 11.7 Å². The highest BCUT2D eigenvalue weighted by Gasteiger charge is 2.22. The minimum absolute atomic E-state index is 0.192. The van der Waals surface area contributed by atoms with E-state index in [0.717, 1.165) is 0 Å². The number of halogens is 2. The number of aromatic nitrogens is 4. The maximum absolute atomic E-state index is 12.5. The fourth-order valence-corrected chi connectivity index (χ4v) is 3.62. The van der Waals surface area contributed by atoms with Crippen molar-refractivity contribution < 1.29 is 9.59 Å². The van der Waals surface area contributed by atoms with Crippen molar-refractivity contribution in [3.63, 3.8) is 0 Å². The van der Waals surface area contributed by atoms with Crippen LogP contribution in [0.1, 0.15) is 33.0 Å². The zero-order chi connectivity index (χ0) is 20.8. The number of pyridine rings is 1. The van der Waals surface area contributed by atoms with Crippen molar-refractivity contribution in [2.75, 3.05) is 5.32 Å². The lowest BCUT2D eigenvalue weighted by molar-refractivity contribution is -0.118. The summed E-state index contributed by atoms with van der Waals surface area (Å²) in [4.78, 5) is 27.6. The Labute approximate surface area is 177 Å². The monoisotopic (exact) mass is 444 g/mol. The van der Waals surface area contributed by atoms with Gasteiger partial charge in [-0.1, -0.05) is 48.8 Å². The Morgan fingerprint density at radius 2 is 2.00 bits per heavy atom. The molecule has 2 aromatic heterocycles. The van der Waals surface area contributed by atoms with Crippen LogP contribution in [0, 0.1) is 5.92 Å². The Hall–Kier alpha value is -1.84. The number of nitrogens with zero attached hydrogens (tertiary/aromatic N) is 4. The second-order valence-electron chi connectivity index (χ2n) is 6.60. The van der Waals surface area contributed by atoms with Gasteiger partial charge in [-0.25, -0.2) is 4.98 Å². The fraction of sp³-hybridized carbons (Fsp3) is 0.471. The number of carbonyl (C=O) groups is 2. The Morgan fingerprint density at radius 3 is 2.61 bits per heavy atom. The second kappa shape index (κ2) is 10.1. The first-order valence-corrected chi connectivity index (χ1v) is 10.3. The highest BCUT2D eigenvalue weighted by atomic mass is 35.5. The number of hydrogen-bond acceptors (Lipinski definition) is 6. The SMILES string of the molecule is CC(C)Cn1c(CCC(N)=O)nnc1SC(C)C(=O)Nc1ncc(Cl)cc1Cl. The van der Waals surface area contributed by atoms with Crippen LogP contribution in [-0.2, 0) is 22.6 Å². The number of nitrogens with two attached hydrogens (primary N) is 1. The summed E-state index contributed by atoms with van der Waals surface area (Å²) in [6.07, 6.45) is 2.00. The first-order valence-electron chi connectivity index (χ1n) is 8.66. The molecule has 0 fully saturated rings. The van der Waals surface area contributed by atoms with Crippen LogP contribution in [0.25, 0.3) is 0 Å². The highest BCUT2D eigenvalue weighted by molar-refractivity contribution is 8.00. The topological polar surface area (TPSA) is 116 Å². The summed E-state index contributed by atoms with van der Waals surface area (Å²) in [5.41, 5.74) is 5.23. The predicted molar refractivity (Wildman–Crippen MR) is 111 cm³/mol. The average molecular weight is 445 g/mol. The molecule has 0 saturated carbocycles. The van der Waals surface area contributed by atoms with E-state index in [-0.39, 0.29) is 23.2 Å². The number of amides is 2. The largest absolute Gasteiger partial charge is 0.370 e. The zero-order valence-electron chi connectivity index (χ0n) is 15.8. The van der Waals surface area contributed by atoms with E-state index < -0.39 is 11.2 Å². The molecule has 1 atom stereocenters. The minimum Gasteiger partial charge on any atom is -0.370 e. The molecular weight excluding hydrogens is 423 g/mol. The first kappa shape index (κ1) is 22.4. The predicted octanol–water partition coefficient (Wildman–Crippen LogP) is 3.17. The molecule has 0 aliphatic rings. The third-order valence-corrected chi connectivity index (χ3v) is 5.21. The minimum atomic E-state index is -0.479. The second-order valence-corrected chi connectivity index (χ2v) is 8.75. The van der Waals surface area contributed by atoms with Gasteiger partial charge in [0, 0.05) is 25.6 Å². The number of rotatable bonds is 9. The van der Waals surface area contributed by atoms with E-state index in [4.69, 9.17) is 28.9 Å². The van der Waals surface area contributed by atoms with Gasteiger partial charge in [-0.2, -0.15) is 0 Å². The molecule has 3 N–H and O–H groups in total. The van der Waals surface area contributed by atoms with E-state index in [0.29, 0.717) is 34.9 Å². The van der Waals surface area contributed by atoms with Crippen LogP contribution in [0.15, 0.2) is 17.4 Å². The number of thioether (sulfide) groups is 1. The molecule has 2 heterocycles. The van der Waals surface area contributed by atoms with Crippen LogP contribution in [0.4, 0.5) is 5.82 Å². The fourth-order valence-electron chi connectivity index (χ4n) is 2.31. The third kappa shape index (κ3) is 6.35. The molecule has 1 unspecified atom stereocenters. The molecule has 0 aromatic carbocycles. The van der Waals surface area contributed by atoms with Crippen molar-refractivity contribution in [3.05, 3.63) is 28.1 Å². The van der Waals surface area contributed by atoms with Crippen LogP contribution in [0.2, 0.25) is 10.0 Å². The van der Waals surface area contributed by atoms with Gasteiger partial charge >= 0.3 is 0 Å². The quantitative estimate of drug-likeness (QED) is 0.573. The number of carbonyl (C=O) groups excluding carboxylic acids is 2. The smallest absolute Gasteiger partial charge is 0.238 e. The van der Waals surface area contributed by atoms with Gasteiger partial charge in [-0.15, -0.1) is 10.2 Å². The van der Waals surface area contributed by atoms with Crippen LogP contribution in [0.3, 0.4) is 0 Å². The van der Waals surface area contributed by atoms with E-state index in [1.54, 1.807) is 6.92 Å². The van der Waals surface area contributed by atoms with Gasteiger partial charge < -0.3 is 15.6 Å². The van der Waals surface area contributed by atoms with Gasteiger partial charge in [0.25, 0.3) is 0 Å². The summed E-state index contributed by atoms with van der Waals surface area (Å²) in [5.74, 6) is 0.580. The van der Waals surface area contributed by atoms with Crippen molar-refractivity contribution in [3.8, 4) is 0 Å². The Kier molecular flexibility index (Phi) is 8.09. The van der Waals surface area contributed by atoms with Gasteiger partial charge in [0.2, 0.25) is 11.8 Å². The van der Waals surface area contributed by atoms with E-state index >= 15 is 0 Å². The van der Waals surface area contributed by atoms with Crippen LogP contribution >= 0.6 is 35.0 Å². The molecule has 11 heteroatoms. The Morgan fingerprint density at radius 1 is 1.29 bits per heavy atom. The van der Waals surface area contributed by atoms with Crippen LogP contribution in [-0.4, -0.2) is 36.8 Å². The van der Waals surface area contributed by atoms with Gasteiger partial charge in [0.15, 0.2) is 11.0 Å². The first-order chi connectivity index (χ1) is 13.2. The maximum atomic E-state index is 12.5. The Bertz CT molecular complexity index is 858. The summed E-state index contributed by atoms with van der Waals surface area (Å²) in [6.45, 7) is 6.55. The molecule has 8 nitrogen and oxygen atoms in total. The molecule has 0 aliphatic heterocycles. The number of nitrogens with one attached hydrogen (secondary N) is 1. The van der Waals surface area contributed by atoms with Crippen molar-refractivity contribution in [1.82, 2.24) is 19.7 Å². The molecule has 28 heavy (non-hydrogen) atoms. The number of primary amides is 1. The van der Waals surface area contributed by atoms with Crippen molar-refractivity contribution in [1.29, 1.82) is 0 Å². The van der Waals surface area contributed by atoms with E-state index in [1.807, 2.05) is 4.57 Å². The maximum Gasteiger partial charge on any atom is 0.238 e. The molecule has 2 rings (SSSR count). The molecule has 0 spiro atoms. The average Bonchev–Trinajstić information content (AvgIpc) is 2.96. The normalized spacial score (nSPS) is 12.2. The summed E-state index contributed by atoms with van der Waals surface area (Å²) < 4.78 is 1.93. The number of anilines is 1. The molecule has 0 radical (unpaired) electrons. The summed E-state index contributed by atoms with van der Waals surface area (Å²) >= 11 is 13.1. The lowest BCUT2D eigenvalue weighted by Crippen LogP contribution is -2.24. The summed E-state index contributed by atoms with van der Waals surface area (Å²) in [6, 6.07) is 1.51. The molecule has 0 bridgehead atoms. The molecule has 0 aliphatic carbocycles. The molecular formula is C17H22Cl2N6O2S. The summed E-state index contributed by atoms with van der Waals surface area (Å²) in [5, 5.41) is 11.8. The number of aryl methyl sites for hydroxylation is 1. The lowest BCUT2D eigenvalue weighted by Gasteiger charge is -2.15. The summed E-state index contributed by atoms with van der Waals surface area (Å²) in [7, 11) is 0. The number of hydrogen-bond donors (Lipinski definition) is 2. The Balaban J connectivity index is 2.11. The van der Waals surface area contributed by atoms with Gasteiger partial charge in [-0.05, 0) is 18.9 Å². The van der Waals surface area contributed by atoms with Crippen molar-refractivity contribution in [2.45, 2.75) is 50.6 Å². The molecule has 2 aromatic rings. The van der Waals surface area contributed by atoms with Crippen LogP contribution < -0.4 is 11.1 Å². The standard InChI is InChI=1S/C17H22Cl2N6O2S/c1-9(2)8-25-14(5-4-13(20)26)23-24-17(25)28-10(3)16(27)22-15-12(19)6-11(18)7-21-15/h6-7,9-10H,4-5,8H2,1-3H3,(H2,20,26)(H,21,22,27). The van der Waals surface area contributed by atoms with Gasteiger partial charge in [0.1, 0.15) is 5.82 Å². The van der Waals surface area contributed by atoms with Gasteiger partial charge in [0.05, 0.1) is 15.3 Å². The van der Waals surface area contributed by atoms with E-state index in [1.165, 1.54) is 24.0 Å². The van der Waals surface area contributed by atoms with E-state index in [9.17, 15) is 9.59 Å².